The fourth-order valence-corrected chi connectivity index (χ4v) is 3.09. The summed E-state index contributed by atoms with van der Waals surface area (Å²) in [5.41, 5.74) is 10.5. The molecule has 0 saturated carbocycles. The summed E-state index contributed by atoms with van der Waals surface area (Å²) in [6, 6.07) is 26.0. The number of allylic oxidation sites excluding steroid dienone is 2. The third-order valence-corrected chi connectivity index (χ3v) is 5.55. The first-order valence-electron chi connectivity index (χ1n) is 14.2. The van der Waals surface area contributed by atoms with Crippen molar-refractivity contribution in [1.29, 1.82) is 10.8 Å². The van der Waals surface area contributed by atoms with E-state index in [0.29, 0.717) is 11.6 Å². The van der Waals surface area contributed by atoms with Gasteiger partial charge in [-0.15, -0.1) is 0 Å². The van der Waals surface area contributed by atoms with Gasteiger partial charge in [-0.25, -0.2) is 0 Å². The van der Waals surface area contributed by atoms with Gasteiger partial charge in [0.05, 0.1) is 11.5 Å². The van der Waals surface area contributed by atoms with Crippen molar-refractivity contribution in [2.75, 3.05) is 0 Å². The van der Waals surface area contributed by atoms with Gasteiger partial charge in [0.25, 0.3) is 0 Å². The van der Waals surface area contributed by atoms with Crippen LogP contribution in [0.15, 0.2) is 91.0 Å². The zero-order chi connectivity index (χ0) is 31.8. The van der Waals surface area contributed by atoms with Crippen LogP contribution in [0.3, 0.4) is 0 Å². The first-order chi connectivity index (χ1) is 19.4. The number of rotatable bonds is 7. The highest BCUT2D eigenvalue weighted by molar-refractivity contribution is 6.09. The maximum absolute atomic E-state index is 11.1. The van der Waals surface area contributed by atoms with E-state index >= 15 is 0 Å². The summed E-state index contributed by atoms with van der Waals surface area (Å²) < 4.78 is 0. The maximum Gasteiger partial charge on any atom is 0.159 e. The number of amidine groups is 1. The van der Waals surface area contributed by atoms with Crippen LogP contribution in [0.5, 0.6) is 0 Å². The Bertz CT molecular complexity index is 1210. The summed E-state index contributed by atoms with van der Waals surface area (Å²) in [6.45, 7) is 17.1. The minimum atomic E-state index is -0.0357. The molecule has 0 bridgehead atoms. The van der Waals surface area contributed by atoms with E-state index in [1.165, 1.54) is 42.7 Å². The molecule has 5 nitrogen and oxygen atoms in total. The lowest BCUT2D eigenvalue weighted by molar-refractivity contribution is -0.112. The van der Waals surface area contributed by atoms with E-state index in [1.54, 1.807) is 6.92 Å². The summed E-state index contributed by atoms with van der Waals surface area (Å²) in [4.78, 5) is 21.8. The van der Waals surface area contributed by atoms with Crippen molar-refractivity contribution in [3.63, 3.8) is 0 Å². The lowest BCUT2D eigenvalue weighted by Gasteiger charge is -2.09. The van der Waals surface area contributed by atoms with Gasteiger partial charge in [-0.3, -0.25) is 15.0 Å². The van der Waals surface area contributed by atoms with Crippen molar-refractivity contribution in [3.8, 4) is 0 Å². The van der Waals surface area contributed by atoms with Gasteiger partial charge in [0.1, 0.15) is 0 Å². The number of ketones is 2. The van der Waals surface area contributed by atoms with Crippen molar-refractivity contribution in [2.24, 2.45) is 5.73 Å². The molecule has 0 aliphatic heterocycles. The number of benzene rings is 3. The van der Waals surface area contributed by atoms with E-state index in [0.717, 1.165) is 24.0 Å². The van der Waals surface area contributed by atoms with Gasteiger partial charge < -0.3 is 11.1 Å². The molecule has 4 N–H and O–H groups in total. The maximum atomic E-state index is 11.1. The van der Waals surface area contributed by atoms with E-state index in [9.17, 15) is 9.59 Å². The van der Waals surface area contributed by atoms with E-state index in [4.69, 9.17) is 16.6 Å². The molecule has 0 aliphatic carbocycles. The van der Waals surface area contributed by atoms with Crippen LogP contribution in [0.2, 0.25) is 0 Å². The second-order valence-corrected chi connectivity index (χ2v) is 9.24. The van der Waals surface area contributed by atoms with Gasteiger partial charge in [-0.05, 0) is 87.4 Å². The highest BCUT2D eigenvalue weighted by Gasteiger charge is 2.05. The zero-order valence-electron chi connectivity index (χ0n) is 26.5. The Morgan fingerprint density at radius 3 is 1.78 bits per heavy atom. The standard InChI is InChI=1S/C13H15NO.C12H16O.C7H8.C2H6N2.C2H6/c1-3-11-5-4-6-12(9-11)13(14)8-7-10(2)15;1-4-9(2)11-6-5-7-12(8-11)10(3)13;1-7-5-3-2-4-6-7;1-2(3)4;1-2/h4-9,14H,3H2,1-2H3;5-9H,4H2,1-3H3;2-6H,1H3;1H3,(H3,3,4);1-2H3/b8-7-,14-13?;;;;/t;9-;;;/m.0.../s1. The SMILES string of the molecule is CC.CC(=N)N.CC[C@H](C)c1cccc(C(C)=O)c1.CCc1cccc(C(=N)/C=C\C(C)=O)c1.Cc1ccccc1. The van der Waals surface area contributed by atoms with Crippen molar-refractivity contribution >= 4 is 23.1 Å². The molecule has 3 rings (SSSR count). The second-order valence-electron chi connectivity index (χ2n) is 9.24. The Kier molecular flexibility index (Phi) is 22.6. The molecule has 3 aromatic carbocycles. The topological polar surface area (TPSA) is 108 Å². The molecule has 3 aromatic rings. The average molecular weight is 558 g/mol. The van der Waals surface area contributed by atoms with Crippen LogP contribution >= 0.6 is 0 Å². The Labute approximate surface area is 248 Å². The molecule has 0 spiro atoms. The van der Waals surface area contributed by atoms with Gasteiger partial charge in [0.15, 0.2) is 11.6 Å². The highest BCUT2D eigenvalue weighted by Crippen LogP contribution is 2.19. The Hall–Kier alpha value is -4.12. The number of Topliss-reactive ketones (excluding diaryl/α,β-unsaturated/α-hetero) is 1. The van der Waals surface area contributed by atoms with E-state index in [1.807, 2.05) is 74.5 Å². The molecular weight excluding hydrogens is 506 g/mol. The molecule has 0 radical (unpaired) electrons. The van der Waals surface area contributed by atoms with Crippen LogP contribution in [0.25, 0.3) is 0 Å². The molecule has 0 aromatic heterocycles. The molecule has 0 heterocycles. The summed E-state index contributed by atoms with van der Waals surface area (Å²) in [5, 5.41) is 14.0. The second kappa shape index (κ2) is 23.7. The van der Waals surface area contributed by atoms with E-state index in [2.05, 4.69) is 45.9 Å². The fraction of sp³-hybridized carbons (Fsp3) is 0.333. The van der Waals surface area contributed by atoms with Crippen LogP contribution in [0, 0.1) is 17.7 Å². The van der Waals surface area contributed by atoms with Crippen LogP contribution in [0.4, 0.5) is 0 Å². The molecular formula is C36H51N3O2. The van der Waals surface area contributed by atoms with Gasteiger partial charge in [-0.1, -0.05) is 107 Å². The van der Waals surface area contributed by atoms with Crippen LogP contribution in [0.1, 0.15) is 100 Å². The Morgan fingerprint density at radius 2 is 1.34 bits per heavy atom. The number of hydrogen-bond acceptors (Lipinski definition) is 4. The summed E-state index contributed by atoms with van der Waals surface area (Å²) in [6.07, 6.45) is 5.02. The number of carbonyl (C=O) groups is 2. The molecule has 5 heteroatoms. The summed E-state index contributed by atoms with van der Waals surface area (Å²) in [7, 11) is 0. The molecule has 0 saturated heterocycles. The van der Waals surface area contributed by atoms with Gasteiger partial charge in [0, 0.05) is 5.56 Å². The van der Waals surface area contributed by atoms with E-state index in [-0.39, 0.29) is 17.4 Å². The monoisotopic (exact) mass is 557 g/mol. The summed E-state index contributed by atoms with van der Waals surface area (Å²) in [5.74, 6) is 0.816. The van der Waals surface area contributed by atoms with Crippen LogP contribution < -0.4 is 5.73 Å². The molecule has 0 unspecified atom stereocenters. The predicted octanol–water partition coefficient (Wildman–Crippen LogP) is 9.13. The number of nitrogens with two attached hydrogens (primary N) is 1. The average Bonchev–Trinajstić information content (AvgIpc) is 2.97. The lowest BCUT2D eigenvalue weighted by Crippen LogP contribution is -2.00. The number of hydrogen-bond donors (Lipinski definition) is 3. The largest absolute Gasteiger partial charge is 0.388 e. The molecule has 222 valence electrons. The zero-order valence-corrected chi connectivity index (χ0v) is 26.5. The molecule has 41 heavy (non-hydrogen) atoms. The molecule has 1 atom stereocenters. The van der Waals surface area contributed by atoms with Crippen LogP contribution in [-0.4, -0.2) is 23.1 Å². The van der Waals surface area contributed by atoms with Crippen molar-refractivity contribution < 1.29 is 9.59 Å². The molecule has 0 fully saturated rings. The normalized spacial score (nSPS) is 10.1. The van der Waals surface area contributed by atoms with Crippen LogP contribution in [-0.2, 0) is 11.2 Å². The summed E-state index contributed by atoms with van der Waals surface area (Å²) >= 11 is 0. The quantitative estimate of drug-likeness (QED) is 0.117. The Morgan fingerprint density at radius 1 is 0.805 bits per heavy atom. The van der Waals surface area contributed by atoms with Crippen molar-refractivity contribution in [1.82, 2.24) is 0 Å². The van der Waals surface area contributed by atoms with Crippen molar-refractivity contribution in [3.05, 3.63) is 119 Å². The smallest absolute Gasteiger partial charge is 0.159 e. The van der Waals surface area contributed by atoms with Gasteiger partial charge in [-0.2, -0.15) is 0 Å². The lowest BCUT2D eigenvalue weighted by atomic mass is 9.96. The minimum absolute atomic E-state index is 0.0357. The highest BCUT2D eigenvalue weighted by atomic mass is 16.1. The third kappa shape index (κ3) is 20.4. The van der Waals surface area contributed by atoms with Gasteiger partial charge in [0.2, 0.25) is 0 Å². The Balaban J connectivity index is 0. The number of aryl methyl sites for hydroxylation is 2. The van der Waals surface area contributed by atoms with E-state index < -0.39 is 0 Å². The molecule has 0 aliphatic rings. The predicted molar refractivity (Wildman–Crippen MR) is 178 cm³/mol. The third-order valence-electron chi connectivity index (χ3n) is 5.55. The number of carbonyl (C=O) groups excluding carboxylic acids is 2. The first kappa shape index (κ1) is 39.0. The van der Waals surface area contributed by atoms with Crippen molar-refractivity contribution in [2.45, 2.75) is 81.1 Å². The fourth-order valence-electron chi connectivity index (χ4n) is 3.09. The van der Waals surface area contributed by atoms with Gasteiger partial charge >= 0.3 is 0 Å². The minimum Gasteiger partial charge on any atom is -0.388 e. The number of nitrogens with one attached hydrogen (secondary N) is 2. The first-order valence-corrected chi connectivity index (χ1v) is 14.2. The molecule has 0 amide bonds.